The number of amides is 1. The maximum atomic E-state index is 12.4. The van der Waals surface area contributed by atoms with Gasteiger partial charge in [0.25, 0.3) is 5.91 Å². The number of cyclic esters (lactones) is 1. The van der Waals surface area contributed by atoms with Gasteiger partial charge in [-0.1, -0.05) is 18.2 Å². The zero-order valence-corrected chi connectivity index (χ0v) is 12.1. The minimum Gasteiger partial charge on any atom is -0.454 e. The zero-order valence-electron chi connectivity index (χ0n) is 12.1. The van der Waals surface area contributed by atoms with Crippen molar-refractivity contribution in [2.45, 2.75) is 12.5 Å². The van der Waals surface area contributed by atoms with Gasteiger partial charge in [0.2, 0.25) is 6.79 Å². The van der Waals surface area contributed by atoms with Crippen LogP contribution in [0, 0.1) is 0 Å². The van der Waals surface area contributed by atoms with Crippen molar-refractivity contribution in [2.24, 2.45) is 0 Å². The number of fused-ring (bicyclic) bond motifs is 2. The van der Waals surface area contributed by atoms with Gasteiger partial charge < -0.3 is 19.5 Å². The van der Waals surface area contributed by atoms with Crippen molar-refractivity contribution < 1.29 is 23.8 Å². The normalized spacial score (nSPS) is 18.1. The quantitative estimate of drug-likeness (QED) is 0.860. The molecule has 2 aliphatic rings. The summed E-state index contributed by atoms with van der Waals surface area (Å²) in [5.74, 6) is 0.374. The predicted octanol–water partition coefficient (Wildman–Crippen LogP) is 2.14. The van der Waals surface area contributed by atoms with Crippen LogP contribution in [0.1, 0.15) is 15.9 Å². The summed E-state index contributed by atoms with van der Waals surface area (Å²) in [5, 5.41) is 2.74. The molecule has 23 heavy (non-hydrogen) atoms. The van der Waals surface area contributed by atoms with Crippen molar-refractivity contribution in [2.75, 3.05) is 12.1 Å². The number of ether oxygens (including phenoxy) is 3. The molecule has 1 amide bonds. The molecule has 0 saturated carbocycles. The molecule has 0 radical (unpaired) electrons. The van der Waals surface area contributed by atoms with Crippen LogP contribution >= 0.6 is 0 Å². The monoisotopic (exact) mass is 311 g/mol. The fourth-order valence-corrected chi connectivity index (χ4v) is 2.67. The maximum absolute atomic E-state index is 12.4. The minimum absolute atomic E-state index is 0.170. The fourth-order valence-electron chi connectivity index (χ4n) is 2.67. The SMILES string of the molecule is O=C1O[C@@H](C(=O)Nc2ccc3c(c2)OCO3)Cc2ccccc21. The second kappa shape index (κ2) is 5.31. The highest BCUT2D eigenvalue weighted by Gasteiger charge is 2.31. The number of nitrogens with one attached hydrogen (secondary N) is 1. The lowest BCUT2D eigenvalue weighted by molar-refractivity contribution is -0.125. The third-order valence-corrected chi connectivity index (χ3v) is 3.82. The molecule has 0 spiro atoms. The number of rotatable bonds is 2. The molecular weight excluding hydrogens is 298 g/mol. The van der Waals surface area contributed by atoms with E-state index in [1.807, 2.05) is 12.1 Å². The number of hydrogen-bond acceptors (Lipinski definition) is 5. The van der Waals surface area contributed by atoms with Gasteiger partial charge in [0.05, 0.1) is 5.56 Å². The average molecular weight is 311 g/mol. The third kappa shape index (κ3) is 2.48. The fraction of sp³-hybridized carbons (Fsp3) is 0.176. The van der Waals surface area contributed by atoms with E-state index < -0.39 is 12.1 Å². The van der Waals surface area contributed by atoms with Crippen LogP contribution in [0.5, 0.6) is 11.5 Å². The summed E-state index contributed by atoms with van der Waals surface area (Å²) in [6.45, 7) is 0.170. The summed E-state index contributed by atoms with van der Waals surface area (Å²) in [6.07, 6.45) is -0.485. The molecule has 116 valence electrons. The van der Waals surface area contributed by atoms with Crippen LogP contribution in [0.25, 0.3) is 0 Å². The molecule has 2 aliphatic heterocycles. The highest BCUT2D eigenvalue weighted by atomic mass is 16.7. The summed E-state index contributed by atoms with van der Waals surface area (Å²) in [4.78, 5) is 24.3. The van der Waals surface area contributed by atoms with Crippen molar-refractivity contribution in [1.29, 1.82) is 0 Å². The van der Waals surface area contributed by atoms with E-state index in [-0.39, 0.29) is 12.7 Å². The summed E-state index contributed by atoms with van der Waals surface area (Å²) in [7, 11) is 0. The maximum Gasteiger partial charge on any atom is 0.339 e. The van der Waals surface area contributed by atoms with Gasteiger partial charge in [-0.3, -0.25) is 4.79 Å². The first-order chi connectivity index (χ1) is 11.2. The van der Waals surface area contributed by atoms with E-state index in [0.717, 1.165) is 5.56 Å². The van der Waals surface area contributed by atoms with Gasteiger partial charge in [0.15, 0.2) is 17.6 Å². The number of carbonyl (C=O) groups is 2. The Labute approximate surface area is 132 Å². The standard InChI is InChI=1S/C17H13NO5/c19-16(18-11-5-6-13-14(8-11)22-9-21-13)15-7-10-3-1-2-4-12(10)17(20)23-15/h1-6,8,15H,7,9H2,(H,18,19)/t15-/m1/s1. The number of benzene rings is 2. The molecule has 1 N–H and O–H groups in total. The molecule has 0 aromatic heterocycles. The van der Waals surface area contributed by atoms with Crippen LogP contribution < -0.4 is 14.8 Å². The molecule has 0 bridgehead atoms. The van der Waals surface area contributed by atoms with Gasteiger partial charge in [0, 0.05) is 18.2 Å². The van der Waals surface area contributed by atoms with Gasteiger partial charge in [-0.25, -0.2) is 4.79 Å². The Morgan fingerprint density at radius 1 is 1.09 bits per heavy atom. The molecule has 6 heteroatoms. The molecule has 2 aromatic rings. The third-order valence-electron chi connectivity index (χ3n) is 3.82. The van der Waals surface area contributed by atoms with Crippen molar-refractivity contribution in [3.63, 3.8) is 0 Å². The number of hydrogen-bond donors (Lipinski definition) is 1. The molecule has 0 fully saturated rings. The van der Waals surface area contributed by atoms with Crippen LogP contribution in [0.3, 0.4) is 0 Å². The molecule has 0 aliphatic carbocycles. The van der Waals surface area contributed by atoms with Crippen LogP contribution in [0.15, 0.2) is 42.5 Å². The molecule has 0 unspecified atom stereocenters. The second-order valence-corrected chi connectivity index (χ2v) is 5.31. The Kier molecular flexibility index (Phi) is 3.15. The van der Waals surface area contributed by atoms with E-state index >= 15 is 0 Å². The predicted molar refractivity (Wildman–Crippen MR) is 80.5 cm³/mol. The zero-order chi connectivity index (χ0) is 15.8. The van der Waals surface area contributed by atoms with E-state index in [4.69, 9.17) is 14.2 Å². The molecule has 4 rings (SSSR count). The summed E-state index contributed by atoms with van der Waals surface area (Å²) >= 11 is 0. The smallest absolute Gasteiger partial charge is 0.339 e. The number of carbonyl (C=O) groups excluding carboxylic acids is 2. The van der Waals surface area contributed by atoms with Gasteiger partial charge in [-0.15, -0.1) is 0 Å². The summed E-state index contributed by atoms with van der Waals surface area (Å²) < 4.78 is 15.7. The lowest BCUT2D eigenvalue weighted by Gasteiger charge is -2.23. The first kappa shape index (κ1) is 13.6. The Bertz CT molecular complexity index is 801. The largest absolute Gasteiger partial charge is 0.454 e. The molecular formula is C17H13NO5. The Morgan fingerprint density at radius 3 is 2.83 bits per heavy atom. The van der Waals surface area contributed by atoms with Gasteiger partial charge >= 0.3 is 5.97 Å². The molecule has 0 saturated heterocycles. The average Bonchev–Trinajstić information content (AvgIpc) is 3.02. The van der Waals surface area contributed by atoms with Crippen LogP contribution in [-0.4, -0.2) is 24.8 Å². The number of anilines is 1. The Balaban J connectivity index is 1.51. The van der Waals surface area contributed by atoms with Gasteiger partial charge in [-0.2, -0.15) is 0 Å². The van der Waals surface area contributed by atoms with Gasteiger partial charge in [-0.05, 0) is 23.8 Å². The van der Waals surface area contributed by atoms with Crippen molar-refractivity contribution in [1.82, 2.24) is 0 Å². The van der Waals surface area contributed by atoms with E-state index in [1.165, 1.54) is 0 Å². The Morgan fingerprint density at radius 2 is 1.91 bits per heavy atom. The Hall–Kier alpha value is -3.02. The van der Waals surface area contributed by atoms with Crippen molar-refractivity contribution in [3.05, 3.63) is 53.6 Å². The first-order valence-electron chi connectivity index (χ1n) is 7.20. The second-order valence-electron chi connectivity index (χ2n) is 5.31. The number of esters is 1. The van der Waals surface area contributed by atoms with E-state index in [0.29, 0.717) is 29.2 Å². The van der Waals surface area contributed by atoms with Crippen LogP contribution in [-0.2, 0) is 16.0 Å². The molecule has 2 heterocycles. The molecule has 6 nitrogen and oxygen atoms in total. The van der Waals surface area contributed by atoms with E-state index in [1.54, 1.807) is 30.3 Å². The van der Waals surface area contributed by atoms with E-state index in [2.05, 4.69) is 5.32 Å². The van der Waals surface area contributed by atoms with E-state index in [9.17, 15) is 9.59 Å². The molecule has 2 aromatic carbocycles. The first-order valence-corrected chi connectivity index (χ1v) is 7.20. The lowest BCUT2D eigenvalue weighted by atomic mass is 9.98. The highest BCUT2D eigenvalue weighted by Crippen LogP contribution is 2.34. The van der Waals surface area contributed by atoms with Gasteiger partial charge in [0.1, 0.15) is 0 Å². The van der Waals surface area contributed by atoms with Crippen LogP contribution in [0.4, 0.5) is 5.69 Å². The van der Waals surface area contributed by atoms with Crippen LogP contribution in [0.2, 0.25) is 0 Å². The topological polar surface area (TPSA) is 73.9 Å². The molecule has 1 atom stereocenters. The van der Waals surface area contributed by atoms with Crippen molar-refractivity contribution >= 4 is 17.6 Å². The van der Waals surface area contributed by atoms with Crippen molar-refractivity contribution in [3.8, 4) is 11.5 Å². The lowest BCUT2D eigenvalue weighted by Crippen LogP contribution is -2.37. The summed E-state index contributed by atoms with van der Waals surface area (Å²) in [6, 6.07) is 12.3. The summed E-state index contributed by atoms with van der Waals surface area (Å²) in [5.41, 5.74) is 1.89. The highest BCUT2D eigenvalue weighted by molar-refractivity contribution is 6.00. The minimum atomic E-state index is -0.845.